The van der Waals surface area contributed by atoms with Crippen molar-refractivity contribution in [3.63, 3.8) is 0 Å². The minimum absolute atomic E-state index is 0.0431. The van der Waals surface area contributed by atoms with Crippen LogP contribution in [0.2, 0.25) is 0 Å². The maximum atomic E-state index is 13.7. The predicted octanol–water partition coefficient (Wildman–Crippen LogP) is 5.81. The van der Waals surface area contributed by atoms with Gasteiger partial charge in [0.05, 0.1) is 11.8 Å². The molecule has 13 heteroatoms. The van der Waals surface area contributed by atoms with Crippen molar-refractivity contribution < 1.29 is 18.0 Å². The molecule has 0 radical (unpaired) electrons. The summed E-state index contributed by atoms with van der Waals surface area (Å²) in [6, 6.07) is 8.54. The maximum absolute atomic E-state index is 13.7. The number of likely N-dealkylation sites (N-methyl/N-ethyl adjacent to an activating group) is 2. The van der Waals surface area contributed by atoms with Crippen molar-refractivity contribution in [1.29, 1.82) is 0 Å². The number of carbonyl (C=O) groups excluding carboxylic acids is 1. The summed E-state index contributed by atoms with van der Waals surface area (Å²) in [5.41, 5.74) is 2.22. The van der Waals surface area contributed by atoms with Crippen molar-refractivity contribution in [3.8, 4) is 0 Å². The number of benzene rings is 2. The smallest absolute Gasteiger partial charge is 0.373 e. The van der Waals surface area contributed by atoms with Gasteiger partial charge in [-0.2, -0.15) is 13.2 Å². The Morgan fingerprint density at radius 1 is 1.00 bits per heavy atom. The van der Waals surface area contributed by atoms with Gasteiger partial charge in [0.2, 0.25) is 5.95 Å². The van der Waals surface area contributed by atoms with E-state index in [9.17, 15) is 18.0 Å². The molecule has 0 aliphatic rings. The summed E-state index contributed by atoms with van der Waals surface area (Å²) < 4.78 is 41.2. The molecule has 0 spiro atoms. The summed E-state index contributed by atoms with van der Waals surface area (Å²) in [6.45, 7) is 7.86. The van der Waals surface area contributed by atoms with Gasteiger partial charge in [0.1, 0.15) is 17.4 Å². The molecule has 10 nitrogen and oxygen atoms in total. The van der Waals surface area contributed by atoms with Crippen LogP contribution in [0.4, 0.5) is 42.0 Å². The average molecular weight is 596 g/mol. The molecule has 0 atom stereocenters. The van der Waals surface area contributed by atoms with Crippen LogP contribution >= 0.6 is 0 Å². The Bertz CT molecular complexity index is 1590. The third-order valence-electron chi connectivity index (χ3n) is 6.63. The van der Waals surface area contributed by atoms with Crippen LogP contribution in [0.25, 0.3) is 11.0 Å². The van der Waals surface area contributed by atoms with E-state index in [0.29, 0.717) is 59.7 Å². The van der Waals surface area contributed by atoms with Gasteiger partial charge in [-0.25, -0.2) is 19.9 Å². The zero-order valence-corrected chi connectivity index (χ0v) is 25.0. The minimum atomic E-state index is -4.58. The lowest BCUT2D eigenvalue weighted by atomic mass is 10.1. The molecule has 4 aromatic rings. The van der Waals surface area contributed by atoms with Crippen LogP contribution in [-0.4, -0.2) is 71.5 Å². The van der Waals surface area contributed by atoms with Crippen molar-refractivity contribution in [1.82, 2.24) is 24.8 Å². The number of nitrogens with zero attached hydrogens (tertiary/aromatic N) is 6. The molecule has 228 valence electrons. The number of amides is 1. The van der Waals surface area contributed by atoms with Crippen LogP contribution in [0, 0.1) is 12.8 Å². The Morgan fingerprint density at radius 2 is 1.77 bits per heavy atom. The van der Waals surface area contributed by atoms with Crippen molar-refractivity contribution in [3.05, 3.63) is 65.6 Å². The largest absolute Gasteiger partial charge is 0.416 e. The summed E-state index contributed by atoms with van der Waals surface area (Å²) >= 11 is 0. The highest BCUT2D eigenvalue weighted by atomic mass is 19.4. The highest BCUT2D eigenvalue weighted by Gasteiger charge is 2.32. The number of hydrogen-bond donors (Lipinski definition) is 3. The first-order valence-electron chi connectivity index (χ1n) is 13.8. The number of rotatable bonds is 11. The SMILES string of the molecule is Cc1ccc(C(=O)Nc2cc(N(C)CCN(C)C)cc(C(F)(F)F)c2)cc1Nc1ncnc2cnc(NCC(C)C)nc12. The molecule has 0 saturated carbocycles. The van der Waals surface area contributed by atoms with Crippen LogP contribution in [0.3, 0.4) is 0 Å². The molecular formula is C30H36F3N9O. The second-order valence-corrected chi connectivity index (χ2v) is 11.0. The van der Waals surface area contributed by atoms with E-state index < -0.39 is 17.6 Å². The van der Waals surface area contributed by atoms with E-state index in [1.165, 1.54) is 12.4 Å². The maximum Gasteiger partial charge on any atom is 0.416 e. The molecule has 43 heavy (non-hydrogen) atoms. The topological polar surface area (TPSA) is 111 Å². The molecule has 0 aliphatic carbocycles. The van der Waals surface area contributed by atoms with Gasteiger partial charge in [-0.15, -0.1) is 0 Å². The number of aromatic nitrogens is 4. The Kier molecular flexibility index (Phi) is 9.64. The molecule has 0 saturated heterocycles. The molecule has 2 aromatic carbocycles. The van der Waals surface area contributed by atoms with Crippen LogP contribution in [0.15, 0.2) is 48.9 Å². The fourth-order valence-electron chi connectivity index (χ4n) is 4.10. The number of halogens is 3. The lowest BCUT2D eigenvalue weighted by Crippen LogP contribution is -2.28. The highest BCUT2D eigenvalue weighted by molar-refractivity contribution is 6.05. The third kappa shape index (κ3) is 8.28. The van der Waals surface area contributed by atoms with Gasteiger partial charge in [-0.1, -0.05) is 19.9 Å². The molecule has 0 bridgehead atoms. The van der Waals surface area contributed by atoms with E-state index in [2.05, 4.69) is 49.7 Å². The number of fused-ring (bicyclic) bond motifs is 1. The fraction of sp³-hybridized carbons (Fsp3) is 0.367. The summed E-state index contributed by atoms with van der Waals surface area (Å²) in [6.07, 6.45) is -1.58. The van der Waals surface area contributed by atoms with E-state index in [-0.39, 0.29) is 11.3 Å². The van der Waals surface area contributed by atoms with Gasteiger partial charge < -0.3 is 25.8 Å². The number of alkyl halides is 3. The monoisotopic (exact) mass is 595 g/mol. The van der Waals surface area contributed by atoms with Crippen molar-refractivity contribution in [2.45, 2.75) is 26.9 Å². The van der Waals surface area contributed by atoms with Crippen LogP contribution in [-0.2, 0) is 6.18 Å². The Hall–Kier alpha value is -4.52. The Labute approximate surface area is 248 Å². The molecule has 2 aromatic heterocycles. The van der Waals surface area contributed by atoms with E-state index in [1.807, 2.05) is 25.9 Å². The van der Waals surface area contributed by atoms with Gasteiger partial charge >= 0.3 is 6.18 Å². The van der Waals surface area contributed by atoms with E-state index in [0.717, 1.165) is 17.7 Å². The van der Waals surface area contributed by atoms with E-state index in [4.69, 9.17) is 0 Å². The van der Waals surface area contributed by atoms with Gasteiger partial charge in [0.15, 0.2) is 5.82 Å². The standard InChI is InChI=1S/C30H36F3N9O/c1-18(2)15-34-29-35-16-25-26(40-29)27(37-17-36-25)39-24-11-20(8-7-19(24)3)28(43)38-22-12-21(30(31,32)33)13-23(14-22)42(6)10-9-41(4)5/h7-8,11-14,16-18H,9-10,15H2,1-6H3,(H,38,43)(H,34,35,40)(H,36,37,39). The molecule has 0 unspecified atom stereocenters. The van der Waals surface area contributed by atoms with E-state index >= 15 is 0 Å². The fourth-order valence-corrected chi connectivity index (χ4v) is 4.10. The van der Waals surface area contributed by atoms with Gasteiger partial charge in [-0.3, -0.25) is 4.79 Å². The molecular weight excluding hydrogens is 559 g/mol. The number of anilines is 5. The predicted molar refractivity (Wildman–Crippen MR) is 164 cm³/mol. The molecule has 1 amide bonds. The lowest BCUT2D eigenvalue weighted by Gasteiger charge is -2.23. The molecule has 4 rings (SSSR count). The lowest BCUT2D eigenvalue weighted by molar-refractivity contribution is -0.137. The average Bonchev–Trinajstić information content (AvgIpc) is 2.95. The minimum Gasteiger partial charge on any atom is -0.373 e. The molecule has 2 heterocycles. The van der Waals surface area contributed by atoms with Gasteiger partial charge in [0, 0.05) is 49.3 Å². The van der Waals surface area contributed by atoms with Crippen molar-refractivity contribution >= 4 is 45.8 Å². The zero-order chi connectivity index (χ0) is 31.3. The normalized spacial score (nSPS) is 11.7. The second-order valence-electron chi connectivity index (χ2n) is 11.0. The first-order valence-corrected chi connectivity index (χ1v) is 13.8. The van der Waals surface area contributed by atoms with Crippen LogP contribution in [0.5, 0.6) is 0 Å². The summed E-state index contributed by atoms with van der Waals surface area (Å²) in [7, 11) is 5.49. The number of carbonyl (C=O) groups is 1. The van der Waals surface area contributed by atoms with Crippen molar-refractivity contribution in [2.24, 2.45) is 5.92 Å². The van der Waals surface area contributed by atoms with Crippen LogP contribution in [0.1, 0.15) is 35.3 Å². The number of nitrogens with one attached hydrogen (secondary N) is 3. The Morgan fingerprint density at radius 3 is 2.47 bits per heavy atom. The number of aryl methyl sites for hydroxylation is 1. The van der Waals surface area contributed by atoms with Crippen LogP contribution < -0.4 is 20.9 Å². The van der Waals surface area contributed by atoms with Crippen molar-refractivity contribution in [2.75, 3.05) is 61.6 Å². The molecule has 3 N–H and O–H groups in total. The zero-order valence-electron chi connectivity index (χ0n) is 25.0. The summed E-state index contributed by atoms with van der Waals surface area (Å²) in [5.74, 6) is 0.701. The van der Waals surface area contributed by atoms with E-state index in [1.54, 1.807) is 36.3 Å². The Balaban J connectivity index is 1.60. The van der Waals surface area contributed by atoms with Gasteiger partial charge in [-0.05, 0) is 62.8 Å². The third-order valence-corrected chi connectivity index (χ3v) is 6.63. The highest BCUT2D eigenvalue weighted by Crippen LogP contribution is 2.34. The molecule has 0 aliphatic heterocycles. The summed E-state index contributed by atoms with van der Waals surface area (Å²) in [5, 5.41) is 9.07. The molecule has 0 fully saturated rings. The first-order chi connectivity index (χ1) is 20.3. The first kappa shape index (κ1) is 31.4. The van der Waals surface area contributed by atoms with Gasteiger partial charge in [0.25, 0.3) is 5.91 Å². The second kappa shape index (κ2) is 13.2. The quantitative estimate of drug-likeness (QED) is 0.198. The summed E-state index contributed by atoms with van der Waals surface area (Å²) in [4.78, 5) is 34.4. The number of hydrogen-bond acceptors (Lipinski definition) is 9.